The van der Waals surface area contributed by atoms with Gasteiger partial charge in [-0.1, -0.05) is 12.1 Å². The Morgan fingerprint density at radius 3 is 3.11 bits per heavy atom. The van der Waals surface area contributed by atoms with E-state index in [-0.39, 0.29) is 0 Å². The van der Waals surface area contributed by atoms with E-state index in [9.17, 15) is 5.02 Å². The zero-order valence-electron chi connectivity index (χ0n) is 9.96. The smallest absolute Gasteiger partial charge is 0.439 e. The van der Waals surface area contributed by atoms with Crippen molar-refractivity contribution in [3.63, 3.8) is 0 Å². The van der Waals surface area contributed by atoms with Crippen LogP contribution in [0, 0.1) is 6.92 Å². The van der Waals surface area contributed by atoms with Crippen molar-refractivity contribution in [3.05, 3.63) is 47.7 Å². The number of pyridine rings is 1. The summed E-state index contributed by atoms with van der Waals surface area (Å²) in [7, 11) is -0.853. The monoisotopic (exact) mass is 241 g/mol. The Balaban J connectivity index is 1.90. The summed E-state index contributed by atoms with van der Waals surface area (Å²) in [6.07, 6.45) is 1.69. The second-order valence-corrected chi connectivity index (χ2v) is 4.25. The molecule has 1 aromatic heterocycles. The lowest BCUT2D eigenvalue weighted by Gasteiger charge is -2.08. The minimum absolute atomic E-state index is 0.444. The second-order valence-electron chi connectivity index (χ2n) is 4.25. The molecule has 0 saturated carbocycles. The van der Waals surface area contributed by atoms with Crippen LogP contribution in [-0.4, -0.2) is 17.1 Å². The third kappa shape index (κ3) is 1.98. The van der Waals surface area contributed by atoms with E-state index >= 15 is 0 Å². The Morgan fingerprint density at radius 1 is 1.39 bits per heavy atom. The number of hydrogen-bond acceptors (Lipinski definition) is 4. The number of benzene rings is 1. The van der Waals surface area contributed by atoms with Crippen LogP contribution < -0.4 is 10.2 Å². The van der Waals surface area contributed by atoms with Crippen molar-refractivity contribution in [3.8, 4) is 11.6 Å². The van der Waals surface area contributed by atoms with Gasteiger partial charge in [0.05, 0.1) is 6.61 Å². The molecule has 0 bridgehead atoms. The SMILES string of the molecule is Cc1cccnc1Oc1ccc2c(c1)B(O)OC2. The number of aromatic nitrogens is 1. The summed E-state index contributed by atoms with van der Waals surface area (Å²) < 4.78 is 10.8. The van der Waals surface area contributed by atoms with Crippen LogP contribution in [-0.2, 0) is 11.3 Å². The molecule has 0 spiro atoms. The fourth-order valence-corrected chi connectivity index (χ4v) is 1.95. The first-order chi connectivity index (χ1) is 8.74. The van der Waals surface area contributed by atoms with Gasteiger partial charge in [0.25, 0.3) is 0 Å². The molecule has 0 atom stereocenters. The largest absolute Gasteiger partial charge is 0.491 e. The topological polar surface area (TPSA) is 51.6 Å². The van der Waals surface area contributed by atoms with E-state index in [1.165, 1.54) is 0 Å². The molecule has 0 unspecified atom stereocenters. The molecule has 1 N–H and O–H groups in total. The molecule has 5 heteroatoms. The zero-order valence-corrected chi connectivity index (χ0v) is 9.96. The van der Waals surface area contributed by atoms with Gasteiger partial charge in [-0.15, -0.1) is 0 Å². The number of aryl methyl sites for hydroxylation is 1. The van der Waals surface area contributed by atoms with Gasteiger partial charge < -0.3 is 14.4 Å². The number of nitrogens with zero attached hydrogens (tertiary/aromatic N) is 1. The fourth-order valence-electron chi connectivity index (χ4n) is 1.95. The van der Waals surface area contributed by atoms with Gasteiger partial charge in [-0.05, 0) is 36.1 Å². The molecule has 18 heavy (non-hydrogen) atoms. The van der Waals surface area contributed by atoms with Gasteiger partial charge in [0.2, 0.25) is 5.88 Å². The molecular formula is C13H12BNO3. The molecular weight excluding hydrogens is 229 g/mol. The number of hydrogen-bond donors (Lipinski definition) is 1. The standard InChI is InChI=1S/C13H12BNO3/c1-9-3-2-6-15-13(9)18-11-5-4-10-8-17-14(16)12(10)7-11/h2-7,16H,8H2,1H3. The first kappa shape index (κ1) is 11.3. The minimum Gasteiger partial charge on any atom is -0.439 e. The highest BCUT2D eigenvalue weighted by atomic mass is 16.5. The van der Waals surface area contributed by atoms with Crippen molar-refractivity contribution < 1.29 is 14.4 Å². The van der Waals surface area contributed by atoms with E-state index in [1.807, 2.05) is 31.2 Å². The highest BCUT2D eigenvalue weighted by Gasteiger charge is 2.27. The molecule has 0 fully saturated rings. The summed E-state index contributed by atoms with van der Waals surface area (Å²) in [6, 6.07) is 9.35. The molecule has 0 aliphatic carbocycles. The van der Waals surface area contributed by atoms with Crippen molar-refractivity contribution in [2.45, 2.75) is 13.5 Å². The number of fused-ring (bicyclic) bond motifs is 1. The van der Waals surface area contributed by atoms with Crippen LogP contribution in [0.25, 0.3) is 0 Å². The van der Waals surface area contributed by atoms with Crippen LogP contribution in [0.4, 0.5) is 0 Å². The van der Waals surface area contributed by atoms with Crippen molar-refractivity contribution in [1.29, 1.82) is 0 Å². The normalized spacial score (nSPS) is 13.6. The molecule has 4 nitrogen and oxygen atoms in total. The zero-order chi connectivity index (χ0) is 12.5. The Kier molecular flexibility index (Phi) is 2.78. The molecule has 3 rings (SSSR count). The maximum Gasteiger partial charge on any atom is 0.491 e. The van der Waals surface area contributed by atoms with Crippen molar-refractivity contribution in [1.82, 2.24) is 4.98 Å². The van der Waals surface area contributed by atoms with Crippen LogP contribution in [0.2, 0.25) is 0 Å². The highest BCUT2D eigenvalue weighted by Crippen LogP contribution is 2.23. The third-order valence-corrected chi connectivity index (χ3v) is 2.96. The van der Waals surface area contributed by atoms with Crippen LogP contribution in [0.1, 0.15) is 11.1 Å². The first-order valence-electron chi connectivity index (χ1n) is 5.76. The van der Waals surface area contributed by atoms with Gasteiger partial charge in [0.15, 0.2) is 0 Å². The summed E-state index contributed by atoms with van der Waals surface area (Å²) >= 11 is 0. The fraction of sp³-hybridized carbons (Fsp3) is 0.154. The van der Waals surface area contributed by atoms with Gasteiger partial charge in [0, 0.05) is 11.8 Å². The summed E-state index contributed by atoms with van der Waals surface area (Å²) in [6.45, 7) is 2.38. The second kappa shape index (κ2) is 4.44. The van der Waals surface area contributed by atoms with E-state index in [1.54, 1.807) is 12.3 Å². The van der Waals surface area contributed by atoms with Crippen molar-refractivity contribution in [2.75, 3.05) is 0 Å². The quantitative estimate of drug-likeness (QED) is 0.807. The first-order valence-corrected chi connectivity index (χ1v) is 5.76. The predicted molar refractivity (Wildman–Crippen MR) is 67.9 cm³/mol. The Bertz CT molecular complexity index is 588. The molecule has 1 aromatic carbocycles. The molecule has 0 amide bonds. The average molecular weight is 241 g/mol. The maximum atomic E-state index is 9.63. The average Bonchev–Trinajstić information content (AvgIpc) is 2.74. The Hall–Kier alpha value is -1.85. The molecule has 0 radical (unpaired) electrons. The van der Waals surface area contributed by atoms with Gasteiger partial charge in [-0.2, -0.15) is 0 Å². The van der Waals surface area contributed by atoms with E-state index < -0.39 is 7.12 Å². The Labute approximate surface area is 105 Å². The lowest BCUT2D eigenvalue weighted by Crippen LogP contribution is -2.27. The number of ether oxygens (including phenoxy) is 1. The summed E-state index contributed by atoms with van der Waals surface area (Å²) in [5, 5.41) is 9.63. The lowest BCUT2D eigenvalue weighted by molar-refractivity contribution is 0.275. The van der Waals surface area contributed by atoms with E-state index in [0.29, 0.717) is 18.2 Å². The molecule has 0 saturated heterocycles. The van der Waals surface area contributed by atoms with Crippen LogP contribution >= 0.6 is 0 Å². The summed E-state index contributed by atoms with van der Waals surface area (Å²) in [5.74, 6) is 1.23. The van der Waals surface area contributed by atoms with Crippen LogP contribution in [0.15, 0.2) is 36.5 Å². The van der Waals surface area contributed by atoms with Gasteiger partial charge in [-0.3, -0.25) is 0 Å². The van der Waals surface area contributed by atoms with E-state index in [2.05, 4.69) is 4.98 Å². The third-order valence-electron chi connectivity index (χ3n) is 2.96. The molecule has 1 aliphatic rings. The van der Waals surface area contributed by atoms with E-state index in [0.717, 1.165) is 16.6 Å². The van der Waals surface area contributed by atoms with Gasteiger partial charge >= 0.3 is 7.12 Å². The van der Waals surface area contributed by atoms with E-state index in [4.69, 9.17) is 9.39 Å². The molecule has 90 valence electrons. The van der Waals surface area contributed by atoms with Gasteiger partial charge in [-0.25, -0.2) is 4.98 Å². The lowest BCUT2D eigenvalue weighted by atomic mass is 9.79. The van der Waals surface area contributed by atoms with Crippen LogP contribution in [0.3, 0.4) is 0 Å². The highest BCUT2D eigenvalue weighted by molar-refractivity contribution is 6.61. The minimum atomic E-state index is -0.853. The van der Waals surface area contributed by atoms with Crippen molar-refractivity contribution in [2.24, 2.45) is 0 Å². The van der Waals surface area contributed by atoms with Gasteiger partial charge in [0.1, 0.15) is 5.75 Å². The molecule has 2 aromatic rings. The summed E-state index contributed by atoms with van der Waals surface area (Å²) in [4.78, 5) is 4.17. The van der Waals surface area contributed by atoms with Crippen LogP contribution in [0.5, 0.6) is 11.6 Å². The molecule has 2 heterocycles. The predicted octanol–water partition coefficient (Wildman–Crippen LogP) is 1.40. The number of rotatable bonds is 2. The maximum absolute atomic E-state index is 9.63. The summed E-state index contributed by atoms with van der Waals surface area (Å²) in [5.41, 5.74) is 2.73. The van der Waals surface area contributed by atoms with Crippen molar-refractivity contribution >= 4 is 12.6 Å². The Morgan fingerprint density at radius 2 is 2.28 bits per heavy atom. The molecule has 1 aliphatic heterocycles.